The van der Waals surface area contributed by atoms with Crippen LogP contribution in [-0.4, -0.2) is 38.7 Å². The zero-order chi connectivity index (χ0) is 22.8. The molecule has 7 nitrogen and oxygen atoms in total. The normalized spacial score (nSPS) is 16.2. The van der Waals surface area contributed by atoms with Crippen molar-refractivity contribution in [2.45, 2.75) is 32.1 Å². The van der Waals surface area contributed by atoms with Gasteiger partial charge in [-0.05, 0) is 55.3 Å². The molecule has 1 atom stereocenters. The van der Waals surface area contributed by atoms with Crippen molar-refractivity contribution in [1.29, 1.82) is 0 Å². The molecule has 2 N–H and O–H groups in total. The van der Waals surface area contributed by atoms with Crippen LogP contribution >= 0.6 is 0 Å². The number of aromatic nitrogens is 3. The molecular formula is C26H27N5O2. The van der Waals surface area contributed by atoms with E-state index in [0.29, 0.717) is 18.8 Å². The Morgan fingerprint density at radius 2 is 1.85 bits per heavy atom. The highest BCUT2D eigenvalue weighted by molar-refractivity contribution is 5.91. The number of nitrogen functional groups attached to an aromatic ring is 1. The molecule has 2 aromatic carbocycles. The highest BCUT2D eigenvalue weighted by Crippen LogP contribution is 2.35. The van der Waals surface area contributed by atoms with E-state index in [-0.39, 0.29) is 11.8 Å². The Kier molecular flexibility index (Phi) is 5.69. The molecule has 0 aliphatic carbocycles. The molecule has 33 heavy (non-hydrogen) atoms. The number of carbonyl (C=O) groups is 1. The van der Waals surface area contributed by atoms with Gasteiger partial charge in [-0.15, -0.1) is 0 Å². The number of hydrogen-bond acceptors (Lipinski definition) is 5. The first kappa shape index (κ1) is 21.0. The summed E-state index contributed by atoms with van der Waals surface area (Å²) in [5, 5.41) is 5.98. The number of fused-ring (bicyclic) bond motifs is 1. The lowest BCUT2D eigenvalue weighted by Crippen LogP contribution is -2.38. The summed E-state index contributed by atoms with van der Waals surface area (Å²) in [6.45, 7) is 3.41. The Balaban J connectivity index is 1.49. The number of benzene rings is 2. The van der Waals surface area contributed by atoms with Gasteiger partial charge in [0.1, 0.15) is 22.8 Å². The number of nitrogens with two attached hydrogens (primary N) is 1. The van der Waals surface area contributed by atoms with E-state index in [2.05, 4.69) is 4.98 Å². The number of carbonyl (C=O) groups excluding carboxylic acids is 1. The number of para-hydroxylation sites is 1. The van der Waals surface area contributed by atoms with Crippen LogP contribution in [0.25, 0.3) is 16.6 Å². The van der Waals surface area contributed by atoms with Gasteiger partial charge in [0.25, 0.3) is 0 Å². The van der Waals surface area contributed by atoms with Crippen molar-refractivity contribution in [3.63, 3.8) is 0 Å². The smallest absolute Gasteiger partial charge is 0.222 e. The van der Waals surface area contributed by atoms with Gasteiger partial charge in [-0.1, -0.05) is 25.1 Å². The largest absolute Gasteiger partial charge is 0.457 e. The van der Waals surface area contributed by atoms with Crippen molar-refractivity contribution in [3.05, 3.63) is 72.6 Å². The number of nitrogens with zero attached hydrogens (tertiary/aromatic N) is 4. The van der Waals surface area contributed by atoms with Crippen LogP contribution in [0.2, 0.25) is 0 Å². The summed E-state index contributed by atoms with van der Waals surface area (Å²) in [7, 11) is 0. The van der Waals surface area contributed by atoms with Crippen LogP contribution in [0.5, 0.6) is 11.5 Å². The predicted molar refractivity (Wildman–Crippen MR) is 129 cm³/mol. The summed E-state index contributed by atoms with van der Waals surface area (Å²) < 4.78 is 7.78. The lowest BCUT2D eigenvalue weighted by atomic mass is 9.93. The molecule has 7 heteroatoms. The minimum Gasteiger partial charge on any atom is -0.457 e. The summed E-state index contributed by atoms with van der Waals surface area (Å²) in [5.74, 6) is 2.33. The molecule has 3 heterocycles. The van der Waals surface area contributed by atoms with E-state index >= 15 is 0 Å². The molecule has 2 aromatic heterocycles. The molecule has 0 radical (unpaired) electrons. The molecule has 1 amide bonds. The fourth-order valence-electron chi connectivity index (χ4n) is 4.53. The molecule has 0 bridgehead atoms. The van der Waals surface area contributed by atoms with Crippen molar-refractivity contribution in [2.24, 2.45) is 0 Å². The van der Waals surface area contributed by atoms with Gasteiger partial charge in [-0.3, -0.25) is 4.79 Å². The number of piperidine rings is 1. The van der Waals surface area contributed by atoms with Gasteiger partial charge >= 0.3 is 0 Å². The number of rotatable bonds is 5. The maximum absolute atomic E-state index is 12.3. The van der Waals surface area contributed by atoms with Gasteiger partial charge in [0.2, 0.25) is 5.91 Å². The molecule has 168 valence electrons. The average molecular weight is 442 g/mol. The highest BCUT2D eigenvalue weighted by Gasteiger charge is 2.28. The van der Waals surface area contributed by atoms with Crippen molar-refractivity contribution in [1.82, 2.24) is 19.7 Å². The summed E-state index contributed by atoms with van der Waals surface area (Å²) >= 11 is 0. The number of ether oxygens (including phenoxy) is 1. The molecule has 1 saturated heterocycles. The third kappa shape index (κ3) is 4.14. The van der Waals surface area contributed by atoms with E-state index in [4.69, 9.17) is 15.6 Å². The highest BCUT2D eigenvalue weighted by atomic mass is 16.5. The van der Waals surface area contributed by atoms with Crippen molar-refractivity contribution in [3.8, 4) is 17.2 Å². The van der Waals surface area contributed by atoms with Gasteiger partial charge in [0.05, 0.1) is 11.4 Å². The minimum atomic E-state index is 0.167. The van der Waals surface area contributed by atoms with E-state index in [9.17, 15) is 4.79 Å². The van der Waals surface area contributed by atoms with Crippen molar-refractivity contribution < 1.29 is 9.53 Å². The fraction of sp³-hybridized carbons (Fsp3) is 0.269. The quantitative estimate of drug-likeness (QED) is 0.475. The zero-order valence-electron chi connectivity index (χ0n) is 18.6. The number of pyridine rings is 1. The molecule has 0 spiro atoms. The van der Waals surface area contributed by atoms with Gasteiger partial charge in [-0.25, -0.2) is 9.67 Å². The van der Waals surface area contributed by atoms with E-state index in [1.165, 1.54) is 0 Å². The Morgan fingerprint density at radius 1 is 1.09 bits per heavy atom. The topological polar surface area (TPSA) is 86.3 Å². The number of hydrogen-bond donors (Lipinski definition) is 1. The van der Waals surface area contributed by atoms with E-state index in [1.54, 1.807) is 6.20 Å². The second kappa shape index (κ2) is 8.94. The van der Waals surface area contributed by atoms with Crippen molar-refractivity contribution in [2.75, 3.05) is 18.8 Å². The van der Waals surface area contributed by atoms with Crippen LogP contribution in [0.15, 0.2) is 66.9 Å². The Bertz CT molecular complexity index is 1270. The molecule has 0 saturated carbocycles. The van der Waals surface area contributed by atoms with Gasteiger partial charge in [-0.2, -0.15) is 5.10 Å². The molecule has 4 aromatic rings. The second-order valence-corrected chi connectivity index (χ2v) is 8.33. The van der Waals surface area contributed by atoms with Crippen LogP contribution in [0.1, 0.15) is 37.8 Å². The first-order valence-corrected chi connectivity index (χ1v) is 11.4. The van der Waals surface area contributed by atoms with Crippen molar-refractivity contribution >= 4 is 22.6 Å². The maximum Gasteiger partial charge on any atom is 0.222 e. The fourth-order valence-corrected chi connectivity index (χ4v) is 4.53. The standard InChI is InChI=1S/C26H27N5O2/c1-2-23(32)30-16-6-7-18(17-30)24-22-14-15-28-26(27)25(22)31(29-24)19-10-12-21(13-11-19)33-20-8-4-3-5-9-20/h3-5,8-15,18H,2,6-7,16-17H2,1H3,(H2,27,28)/t18-/m1/s1. The SMILES string of the molecule is CCC(=O)N1CCC[C@@H](c2nn(-c3ccc(Oc4ccccc4)cc3)c3c(N)nccc23)C1. The average Bonchev–Trinajstić information content (AvgIpc) is 3.26. The van der Waals surface area contributed by atoms with Crippen LogP contribution in [0, 0.1) is 0 Å². The van der Waals surface area contributed by atoms with Crippen LogP contribution in [-0.2, 0) is 4.79 Å². The van der Waals surface area contributed by atoms with Crippen LogP contribution < -0.4 is 10.5 Å². The first-order chi connectivity index (χ1) is 16.1. The predicted octanol–water partition coefficient (Wildman–Crippen LogP) is 4.91. The molecule has 1 aliphatic rings. The lowest BCUT2D eigenvalue weighted by molar-refractivity contribution is -0.132. The molecule has 1 aliphatic heterocycles. The summed E-state index contributed by atoms with van der Waals surface area (Å²) in [5.41, 5.74) is 8.95. The first-order valence-electron chi connectivity index (χ1n) is 11.4. The monoisotopic (exact) mass is 441 g/mol. The molecule has 0 unspecified atom stereocenters. The number of amides is 1. The maximum atomic E-state index is 12.3. The second-order valence-electron chi connectivity index (χ2n) is 8.33. The molecule has 1 fully saturated rings. The Hall–Kier alpha value is -3.87. The minimum absolute atomic E-state index is 0.167. The summed E-state index contributed by atoms with van der Waals surface area (Å²) in [6, 6.07) is 19.4. The third-order valence-corrected chi connectivity index (χ3v) is 6.17. The van der Waals surface area contributed by atoms with Gasteiger partial charge < -0.3 is 15.4 Å². The zero-order valence-corrected chi connectivity index (χ0v) is 18.6. The van der Waals surface area contributed by atoms with Crippen LogP contribution in [0.4, 0.5) is 5.82 Å². The summed E-state index contributed by atoms with van der Waals surface area (Å²) in [6.07, 6.45) is 4.21. The third-order valence-electron chi connectivity index (χ3n) is 6.17. The van der Waals surface area contributed by atoms with E-state index in [0.717, 1.165) is 53.2 Å². The molecular weight excluding hydrogens is 414 g/mol. The van der Waals surface area contributed by atoms with Gasteiger partial charge in [0.15, 0.2) is 0 Å². The van der Waals surface area contributed by atoms with E-state index in [1.807, 2.05) is 77.2 Å². The summed E-state index contributed by atoms with van der Waals surface area (Å²) in [4.78, 5) is 18.6. The lowest BCUT2D eigenvalue weighted by Gasteiger charge is -2.32. The Labute approximate surface area is 192 Å². The van der Waals surface area contributed by atoms with E-state index < -0.39 is 0 Å². The Morgan fingerprint density at radius 3 is 2.61 bits per heavy atom. The molecule has 5 rings (SSSR count). The van der Waals surface area contributed by atoms with Gasteiger partial charge in [0, 0.05) is 37.0 Å². The van der Waals surface area contributed by atoms with Crippen LogP contribution in [0.3, 0.4) is 0 Å². The number of anilines is 1. The number of likely N-dealkylation sites (tertiary alicyclic amines) is 1.